The van der Waals surface area contributed by atoms with Crippen LogP contribution in [0.25, 0.3) is 0 Å². The molecular weight excluding hydrogens is 566 g/mol. The molecule has 3 aromatic carbocycles. The van der Waals surface area contributed by atoms with Gasteiger partial charge in [0.05, 0.1) is 29.8 Å². The van der Waals surface area contributed by atoms with E-state index in [0.29, 0.717) is 17.9 Å². The lowest BCUT2D eigenvalue weighted by atomic mass is 10.1. The van der Waals surface area contributed by atoms with Gasteiger partial charge in [0.25, 0.3) is 10.0 Å². The van der Waals surface area contributed by atoms with Crippen molar-refractivity contribution < 1.29 is 27.5 Å². The summed E-state index contributed by atoms with van der Waals surface area (Å²) in [6, 6.07) is 18.5. The minimum atomic E-state index is -4.20. The third kappa shape index (κ3) is 7.92. The molecule has 3 rings (SSSR count). The predicted octanol–water partition coefficient (Wildman–Crippen LogP) is 4.88. The topological polar surface area (TPSA) is 105 Å². The van der Waals surface area contributed by atoms with Gasteiger partial charge >= 0.3 is 0 Å². The van der Waals surface area contributed by atoms with Gasteiger partial charge in [0.1, 0.15) is 24.1 Å². The van der Waals surface area contributed by atoms with E-state index in [0.717, 1.165) is 9.87 Å². The van der Waals surface area contributed by atoms with Gasteiger partial charge in [0.2, 0.25) is 11.8 Å². The normalized spacial score (nSPS) is 12.0. The number of methoxy groups -OCH3 is 2. The number of ether oxygens (including phenoxy) is 2. The van der Waals surface area contributed by atoms with E-state index >= 15 is 0 Å². The van der Waals surface area contributed by atoms with Crippen molar-refractivity contribution in [2.45, 2.75) is 50.7 Å². The SMILES string of the molecule is CC[C@@H](C(=O)NC(C)C)N(Cc1ccc(OC)cc1)C(=O)CN(c1ccc(OC)c(Cl)c1)S(=O)(=O)c1ccccc1. The molecule has 0 heterocycles. The molecule has 0 saturated carbocycles. The van der Waals surface area contributed by atoms with Crippen molar-refractivity contribution in [1.82, 2.24) is 10.2 Å². The summed E-state index contributed by atoms with van der Waals surface area (Å²) in [4.78, 5) is 28.7. The van der Waals surface area contributed by atoms with Crippen molar-refractivity contribution in [3.8, 4) is 11.5 Å². The smallest absolute Gasteiger partial charge is 0.264 e. The summed E-state index contributed by atoms with van der Waals surface area (Å²) in [6.07, 6.45) is 0.320. The average Bonchev–Trinajstić information content (AvgIpc) is 2.96. The van der Waals surface area contributed by atoms with Crippen LogP contribution in [0, 0.1) is 0 Å². The van der Waals surface area contributed by atoms with Crippen LogP contribution >= 0.6 is 11.6 Å². The highest BCUT2D eigenvalue weighted by molar-refractivity contribution is 7.92. The molecule has 0 radical (unpaired) electrons. The number of rotatable bonds is 13. The van der Waals surface area contributed by atoms with Crippen LogP contribution in [-0.2, 0) is 26.2 Å². The van der Waals surface area contributed by atoms with E-state index in [4.69, 9.17) is 21.1 Å². The van der Waals surface area contributed by atoms with E-state index in [2.05, 4.69) is 5.32 Å². The maximum absolute atomic E-state index is 14.1. The van der Waals surface area contributed by atoms with E-state index in [9.17, 15) is 18.0 Å². The average molecular weight is 602 g/mol. The van der Waals surface area contributed by atoms with Crippen molar-refractivity contribution in [2.24, 2.45) is 0 Å². The maximum atomic E-state index is 14.1. The Kier molecular flexibility index (Phi) is 11.0. The van der Waals surface area contributed by atoms with Gasteiger partial charge in [0, 0.05) is 12.6 Å². The molecule has 1 N–H and O–H groups in total. The number of nitrogens with zero attached hydrogens (tertiary/aromatic N) is 2. The highest BCUT2D eigenvalue weighted by Crippen LogP contribution is 2.32. The van der Waals surface area contributed by atoms with Crippen molar-refractivity contribution in [2.75, 3.05) is 25.1 Å². The summed E-state index contributed by atoms with van der Waals surface area (Å²) < 4.78 is 39.3. The minimum Gasteiger partial charge on any atom is -0.497 e. The summed E-state index contributed by atoms with van der Waals surface area (Å²) in [7, 11) is -1.19. The molecular formula is C30H36ClN3O6S. The first kappa shape index (κ1) is 31.8. The maximum Gasteiger partial charge on any atom is 0.264 e. The summed E-state index contributed by atoms with van der Waals surface area (Å²) in [5.41, 5.74) is 0.928. The summed E-state index contributed by atoms with van der Waals surface area (Å²) in [6.45, 7) is 4.99. The van der Waals surface area contributed by atoms with Crippen LogP contribution in [0.1, 0.15) is 32.8 Å². The Hall–Kier alpha value is -3.76. The van der Waals surface area contributed by atoms with E-state index in [1.54, 1.807) is 56.5 Å². The van der Waals surface area contributed by atoms with E-state index in [1.807, 2.05) is 13.8 Å². The highest BCUT2D eigenvalue weighted by Gasteiger charge is 2.34. The number of amides is 2. The van der Waals surface area contributed by atoms with Crippen LogP contribution in [0.5, 0.6) is 11.5 Å². The molecule has 0 bridgehead atoms. The molecule has 0 aliphatic heterocycles. The molecule has 0 unspecified atom stereocenters. The molecule has 2 amide bonds. The summed E-state index contributed by atoms with van der Waals surface area (Å²) >= 11 is 6.36. The predicted molar refractivity (Wildman–Crippen MR) is 160 cm³/mol. The molecule has 1 atom stereocenters. The van der Waals surface area contributed by atoms with Gasteiger partial charge in [-0.3, -0.25) is 13.9 Å². The van der Waals surface area contributed by atoms with Crippen molar-refractivity contribution in [1.29, 1.82) is 0 Å². The Morgan fingerprint density at radius 1 is 0.951 bits per heavy atom. The zero-order chi connectivity index (χ0) is 30.2. The van der Waals surface area contributed by atoms with Gasteiger partial charge in [0.15, 0.2) is 0 Å². The van der Waals surface area contributed by atoms with Gasteiger partial charge < -0.3 is 19.7 Å². The molecule has 0 aliphatic carbocycles. The molecule has 3 aromatic rings. The Bertz CT molecular complexity index is 1430. The van der Waals surface area contributed by atoms with Crippen LogP contribution in [0.2, 0.25) is 5.02 Å². The Labute approximate surface area is 247 Å². The summed E-state index contributed by atoms with van der Waals surface area (Å²) in [5, 5.41) is 3.06. The number of hydrogen-bond acceptors (Lipinski definition) is 6. The Morgan fingerprint density at radius 2 is 1.61 bits per heavy atom. The molecule has 0 spiro atoms. The number of carbonyl (C=O) groups is 2. The van der Waals surface area contributed by atoms with Gasteiger partial charge in [-0.25, -0.2) is 8.42 Å². The van der Waals surface area contributed by atoms with Gasteiger partial charge in [-0.15, -0.1) is 0 Å². The fraction of sp³-hybridized carbons (Fsp3) is 0.333. The molecule has 0 fully saturated rings. The number of hydrogen-bond donors (Lipinski definition) is 1. The summed E-state index contributed by atoms with van der Waals surface area (Å²) in [5.74, 6) is 0.122. The molecule has 0 saturated heterocycles. The number of halogens is 1. The largest absolute Gasteiger partial charge is 0.497 e. The van der Waals surface area contributed by atoms with Crippen LogP contribution in [0.15, 0.2) is 77.7 Å². The van der Waals surface area contributed by atoms with E-state index < -0.39 is 28.5 Å². The van der Waals surface area contributed by atoms with Crippen LogP contribution in [0.4, 0.5) is 5.69 Å². The van der Waals surface area contributed by atoms with Gasteiger partial charge in [-0.1, -0.05) is 48.9 Å². The first-order chi connectivity index (χ1) is 19.5. The van der Waals surface area contributed by atoms with Crippen LogP contribution < -0.4 is 19.1 Å². The second kappa shape index (κ2) is 14.2. The first-order valence-electron chi connectivity index (χ1n) is 13.2. The van der Waals surface area contributed by atoms with Crippen molar-refractivity contribution in [3.05, 3.63) is 83.4 Å². The molecule has 41 heavy (non-hydrogen) atoms. The van der Waals surface area contributed by atoms with Gasteiger partial charge in [-0.05, 0) is 68.3 Å². The first-order valence-corrected chi connectivity index (χ1v) is 15.0. The van der Waals surface area contributed by atoms with Crippen molar-refractivity contribution >= 4 is 39.1 Å². The number of carbonyl (C=O) groups excluding carboxylic acids is 2. The molecule has 0 aromatic heterocycles. The minimum absolute atomic E-state index is 0.00559. The lowest BCUT2D eigenvalue weighted by Gasteiger charge is -2.33. The highest BCUT2D eigenvalue weighted by atomic mass is 35.5. The van der Waals surface area contributed by atoms with E-state index in [-0.39, 0.29) is 34.1 Å². The van der Waals surface area contributed by atoms with Crippen LogP contribution in [-0.4, -0.2) is 58.0 Å². The fourth-order valence-electron chi connectivity index (χ4n) is 4.29. The zero-order valence-corrected chi connectivity index (χ0v) is 25.4. The zero-order valence-electron chi connectivity index (χ0n) is 23.8. The third-order valence-corrected chi connectivity index (χ3v) is 8.45. The second-order valence-electron chi connectivity index (χ2n) is 9.60. The quantitative estimate of drug-likeness (QED) is 0.299. The van der Waals surface area contributed by atoms with Gasteiger partial charge in [-0.2, -0.15) is 0 Å². The molecule has 220 valence electrons. The number of sulfonamides is 1. The van der Waals surface area contributed by atoms with Crippen LogP contribution in [0.3, 0.4) is 0 Å². The molecule has 9 nitrogen and oxygen atoms in total. The fourth-order valence-corrected chi connectivity index (χ4v) is 5.97. The van der Waals surface area contributed by atoms with E-state index in [1.165, 1.54) is 42.3 Å². The van der Waals surface area contributed by atoms with Crippen molar-refractivity contribution in [3.63, 3.8) is 0 Å². The standard InChI is InChI=1S/C30H36ClN3O6S/c1-6-27(30(36)32-21(2)3)33(19-22-12-15-24(39-4)16-13-22)29(35)20-34(23-14-17-28(40-5)26(31)18-23)41(37,38)25-10-8-7-9-11-25/h7-18,21,27H,6,19-20H2,1-5H3,(H,32,36)/t27-/m0/s1. The molecule has 11 heteroatoms. The molecule has 0 aliphatic rings. The number of anilines is 1. The monoisotopic (exact) mass is 601 g/mol. The Balaban J connectivity index is 2.08. The number of benzene rings is 3. The Morgan fingerprint density at radius 3 is 2.15 bits per heavy atom. The number of nitrogens with one attached hydrogen (secondary N) is 1. The second-order valence-corrected chi connectivity index (χ2v) is 11.9. The third-order valence-electron chi connectivity index (χ3n) is 6.36. The lowest BCUT2D eigenvalue weighted by Crippen LogP contribution is -2.53. The lowest BCUT2D eigenvalue weighted by molar-refractivity contribution is -0.140.